The fourth-order valence-electron chi connectivity index (χ4n) is 3.03. The maximum Gasteiger partial charge on any atom is 0.222 e. The second kappa shape index (κ2) is 11.3. The molecule has 1 aliphatic rings. The summed E-state index contributed by atoms with van der Waals surface area (Å²) in [5.74, 6) is 1.29. The van der Waals surface area contributed by atoms with Crippen molar-refractivity contribution in [2.75, 3.05) is 6.54 Å². The summed E-state index contributed by atoms with van der Waals surface area (Å²) in [6, 6.07) is 0.699. The van der Waals surface area contributed by atoms with Crippen LogP contribution in [-0.4, -0.2) is 30.5 Å². The molecule has 0 aromatic carbocycles. The van der Waals surface area contributed by atoms with E-state index in [1.54, 1.807) is 0 Å². The van der Waals surface area contributed by atoms with Crippen molar-refractivity contribution in [3.8, 4) is 0 Å². The Labute approximate surface area is 141 Å². The quantitative estimate of drug-likeness (QED) is 0.450. The predicted octanol–water partition coefficient (Wildman–Crippen LogP) is 2.94. The summed E-state index contributed by atoms with van der Waals surface area (Å²) in [6.45, 7) is 7.06. The van der Waals surface area contributed by atoms with Crippen LogP contribution in [0.2, 0.25) is 0 Å². The molecule has 1 aliphatic carbocycles. The van der Waals surface area contributed by atoms with Crippen LogP contribution in [0.15, 0.2) is 4.99 Å². The number of rotatable bonds is 9. The Morgan fingerprint density at radius 2 is 1.87 bits per heavy atom. The van der Waals surface area contributed by atoms with Gasteiger partial charge in [0, 0.05) is 18.5 Å². The SMILES string of the molecule is CC(C)CCCC(C)NC(N)=NCCC(=O)NC1CCCCC1. The zero-order chi connectivity index (χ0) is 17.1. The van der Waals surface area contributed by atoms with Gasteiger partial charge in [0.2, 0.25) is 5.91 Å². The summed E-state index contributed by atoms with van der Waals surface area (Å²) in [7, 11) is 0. The average Bonchev–Trinajstić information content (AvgIpc) is 2.47. The van der Waals surface area contributed by atoms with Crippen molar-refractivity contribution < 1.29 is 4.79 Å². The summed E-state index contributed by atoms with van der Waals surface area (Å²) >= 11 is 0. The highest BCUT2D eigenvalue weighted by Gasteiger charge is 2.15. The molecule has 4 N–H and O–H groups in total. The zero-order valence-corrected chi connectivity index (χ0v) is 15.2. The van der Waals surface area contributed by atoms with Gasteiger partial charge >= 0.3 is 0 Å². The van der Waals surface area contributed by atoms with E-state index in [0.29, 0.717) is 31.0 Å². The van der Waals surface area contributed by atoms with E-state index in [-0.39, 0.29) is 5.91 Å². The number of hydrogen-bond donors (Lipinski definition) is 3. The Kier molecular flexibility index (Phi) is 9.72. The van der Waals surface area contributed by atoms with E-state index in [0.717, 1.165) is 25.2 Å². The number of carbonyl (C=O) groups excluding carboxylic acids is 1. The molecule has 1 rings (SSSR count). The third kappa shape index (κ3) is 10.2. The van der Waals surface area contributed by atoms with Gasteiger partial charge in [-0.05, 0) is 32.1 Å². The molecule has 23 heavy (non-hydrogen) atoms. The minimum atomic E-state index is 0.0958. The molecule has 1 fully saturated rings. The fraction of sp³-hybridized carbons (Fsp3) is 0.889. The molecule has 1 unspecified atom stereocenters. The number of carbonyl (C=O) groups is 1. The Bertz CT molecular complexity index is 362. The van der Waals surface area contributed by atoms with Gasteiger partial charge in [-0.3, -0.25) is 9.79 Å². The zero-order valence-electron chi connectivity index (χ0n) is 15.2. The van der Waals surface area contributed by atoms with Crippen LogP contribution < -0.4 is 16.4 Å². The molecule has 0 aliphatic heterocycles. The molecule has 1 atom stereocenters. The minimum absolute atomic E-state index is 0.0958. The standard InChI is InChI=1S/C18H36N4O/c1-14(2)8-7-9-15(3)21-18(19)20-13-12-17(23)22-16-10-5-4-6-11-16/h14-16H,4-13H2,1-3H3,(H,22,23)(H3,19,20,21). The van der Waals surface area contributed by atoms with E-state index in [9.17, 15) is 4.79 Å². The van der Waals surface area contributed by atoms with Crippen LogP contribution in [0.3, 0.4) is 0 Å². The van der Waals surface area contributed by atoms with Gasteiger partial charge in [-0.1, -0.05) is 46.0 Å². The van der Waals surface area contributed by atoms with Gasteiger partial charge in [0.1, 0.15) is 0 Å². The molecular weight excluding hydrogens is 288 g/mol. The number of amides is 1. The van der Waals surface area contributed by atoms with Crippen molar-refractivity contribution in [2.45, 2.75) is 90.6 Å². The second-order valence-corrected chi connectivity index (χ2v) is 7.29. The Morgan fingerprint density at radius 1 is 1.17 bits per heavy atom. The second-order valence-electron chi connectivity index (χ2n) is 7.29. The molecular formula is C18H36N4O. The topological polar surface area (TPSA) is 79.5 Å². The van der Waals surface area contributed by atoms with E-state index in [1.165, 1.54) is 32.1 Å². The van der Waals surface area contributed by atoms with E-state index in [4.69, 9.17) is 5.73 Å². The number of nitrogens with zero attached hydrogens (tertiary/aromatic N) is 1. The molecule has 0 saturated heterocycles. The third-order valence-corrected chi connectivity index (χ3v) is 4.40. The molecule has 5 heteroatoms. The molecule has 134 valence electrons. The molecule has 0 spiro atoms. The van der Waals surface area contributed by atoms with E-state index in [1.807, 2.05) is 0 Å². The summed E-state index contributed by atoms with van der Waals surface area (Å²) in [4.78, 5) is 16.1. The van der Waals surface area contributed by atoms with Crippen LogP contribution in [0.5, 0.6) is 0 Å². The molecule has 5 nitrogen and oxygen atoms in total. The first-order chi connectivity index (χ1) is 11.0. The number of hydrogen-bond acceptors (Lipinski definition) is 2. The highest BCUT2D eigenvalue weighted by Crippen LogP contribution is 2.17. The normalized spacial score (nSPS) is 18.0. The first-order valence-electron chi connectivity index (χ1n) is 9.33. The molecule has 0 radical (unpaired) electrons. The van der Waals surface area contributed by atoms with E-state index < -0.39 is 0 Å². The number of aliphatic imine (C=N–C) groups is 1. The van der Waals surface area contributed by atoms with Crippen LogP contribution in [0.1, 0.15) is 78.6 Å². The first-order valence-corrected chi connectivity index (χ1v) is 9.33. The molecule has 0 bridgehead atoms. The van der Waals surface area contributed by atoms with Crippen molar-refractivity contribution >= 4 is 11.9 Å². The highest BCUT2D eigenvalue weighted by molar-refractivity contribution is 5.79. The van der Waals surface area contributed by atoms with E-state index >= 15 is 0 Å². The first kappa shape index (κ1) is 19.8. The van der Waals surface area contributed by atoms with Gasteiger partial charge in [0.05, 0.1) is 6.54 Å². The molecule has 1 amide bonds. The lowest BCUT2D eigenvalue weighted by Crippen LogP contribution is -2.39. The molecule has 1 saturated carbocycles. The third-order valence-electron chi connectivity index (χ3n) is 4.40. The Morgan fingerprint density at radius 3 is 2.52 bits per heavy atom. The van der Waals surface area contributed by atoms with Gasteiger partial charge in [0.15, 0.2) is 5.96 Å². The summed E-state index contributed by atoms with van der Waals surface area (Å²) in [6.07, 6.45) is 9.95. The highest BCUT2D eigenvalue weighted by atomic mass is 16.1. The van der Waals surface area contributed by atoms with Gasteiger partial charge < -0.3 is 16.4 Å². The van der Waals surface area contributed by atoms with Crippen molar-refractivity contribution in [1.29, 1.82) is 0 Å². The van der Waals surface area contributed by atoms with Crippen LogP contribution in [0.25, 0.3) is 0 Å². The maximum atomic E-state index is 11.9. The summed E-state index contributed by atoms with van der Waals surface area (Å²) < 4.78 is 0. The van der Waals surface area contributed by atoms with Crippen molar-refractivity contribution in [3.63, 3.8) is 0 Å². The maximum absolute atomic E-state index is 11.9. The number of guanidine groups is 1. The predicted molar refractivity (Wildman–Crippen MR) is 97.4 cm³/mol. The molecule has 0 aromatic heterocycles. The van der Waals surface area contributed by atoms with Crippen LogP contribution in [-0.2, 0) is 4.79 Å². The van der Waals surface area contributed by atoms with Gasteiger partial charge in [-0.2, -0.15) is 0 Å². The van der Waals surface area contributed by atoms with Crippen LogP contribution >= 0.6 is 0 Å². The fourth-order valence-corrected chi connectivity index (χ4v) is 3.03. The van der Waals surface area contributed by atoms with E-state index in [2.05, 4.69) is 36.4 Å². The van der Waals surface area contributed by atoms with Crippen molar-refractivity contribution in [2.24, 2.45) is 16.6 Å². The minimum Gasteiger partial charge on any atom is -0.370 e. The number of nitrogens with two attached hydrogens (primary N) is 1. The van der Waals surface area contributed by atoms with Crippen molar-refractivity contribution in [1.82, 2.24) is 10.6 Å². The van der Waals surface area contributed by atoms with Crippen LogP contribution in [0.4, 0.5) is 0 Å². The lowest BCUT2D eigenvalue weighted by Gasteiger charge is -2.22. The Hall–Kier alpha value is -1.26. The lowest BCUT2D eigenvalue weighted by molar-refractivity contribution is -0.121. The molecule has 0 heterocycles. The van der Waals surface area contributed by atoms with Crippen LogP contribution in [0, 0.1) is 5.92 Å². The average molecular weight is 325 g/mol. The molecule has 0 aromatic rings. The Balaban J connectivity index is 2.13. The van der Waals surface area contributed by atoms with Gasteiger partial charge in [0.25, 0.3) is 0 Å². The summed E-state index contributed by atoms with van der Waals surface area (Å²) in [5, 5.41) is 6.31. The smallest absolute Gasteiger partial charge is 0.222 e. The van der Waals surface area contributed by atoms with Gasteiger partial charge in [-0.25, -0.2) is 0 Å². The number of nitrogens with one attached hydrogen (secondary N) is 2. The monoisotopic (exact) mass is 324 g/mol. The lowest BCUT2D eigenvalue weighted by atomic mass is 9.95. The van der Waals surface area contributed by atoms with Crippen molar-refractivity contribution in [3.05, 3.63) is 0 Å². The summed E-state index contributed by atoms with van der Waals surface area (Å²) in [5.41, 5.74) is 5.88. The largest absolute Gasteiger partial charge is 0.370 e. The van der Waals surface area contributed by atoms with Gasteiger partial charge in [-0.15, -0.1) is 0 Å².